The van der Waals surface area contributed by atoms with E-state index < -0.39 is 0 Å². The van der Waals surface area contributed by atoms with Crippen LogP contribution in [-0.2, 0) is 4.74 Å². The van der Waals surface area contributed by atoms with Gasteiger partial charge in [-0.3, -0.25) is 0 Å². The minimum absolute atomic E-state index is 0.310. The summed E-state index contributed by atoms with van der Waals surface area (Å²) in [5.74, 6) is 2.57. The molecule has 0 amide bonds. The van der Waals surface area contributed by atoms with Gasteiger partial charge in [-0.05, 0) is 25.3 Å². The number of aliphatic hydroxyl groups excluding tert-OH is 1. The van der Waals surface area contributed by atoms with Crippen LogP contribution in [0.4, 0.5) is 11.8 Å². The number of β-amino-alcohol motifs (C(OH)–C–C–N with tert-alkyl or cyclic N) is 1. The van der Waals surface area contributed by atoms with E-state index in [0.717, 1.165) is 77.9 Å². The minimum Gasteiger partial charge on any atom is -0.496 e. The van der Waals surface area contributed by atoms with Gasteiger partial charge in [0.1, 0.15) is 16.4 Å². The van der Waals surface area contributed by atoms with Crippen molar-refractivity contribution in [3.63, 3.8) is 0 Å². The molecule has 3 unspecified atom stereocenters. The van der Waals surface area contributed by atoms with Crippen molar-refractivity contribution in [3.05, 3.63) is 29.6 Å². The molecule has 6 rings (SSSR count). The molecule has 0 spiro atoms. The van der Waals surface area contributed by atoms with Crippen LogP contribution in [0.5, 0.6) is 5.75 Å². The van der Waals surface area contributed by atoms with Gasteiger partial charge in [-0.15, -0.1) is 11.3 Å². The fourth-order valence-electron chi connectivity index (χ4n) is 5.20. The molecule has 3 saturated heterocycles. The molecule has 3 atom stereocenters. The molecule has 5 heterocycles. The van der Waals surface area contributed by atoms with Crippen molar-refractivity contribution >= 4 is 33.3 Å². The first kappa shape index (κ1) is 19.3. The second-order valence-electron chi connectivity index (χ2n) is 8.60. The van der Waals surface area contributed by atoms with Crippen LogP contribution in [0.15, 0.2) is 29.6 Å². The van der Waals surface area contributed by atoms with Crippen LogP contribution in [0, 0.1) is 0 Å². The van der Waals surface area contributed by atoms with Gasteiger partial charge >= 0.3 is 0 Å². The van der Waals surface area contributed by atoms with Gasteiger partial charge in [0.2, 0.25) is 5.95 Å². The number of thiophene rings is 1. The molecule has 0 radical (unpaired) electrons. The molecule has 31 heavy (non-hydrogen) atoms. The third-order valence-electron chi connectivity index (χ3n) is 6.73. The molecular formula is C23H26N4O3S. The van der Waals surface area contributed by atoms with Gasteiger partial charge in [0, 0.05) is 29.6 Å². The number of methoxy groups -OCH3 is 1. The molecule has 1 N–H and O–H groups in total. The van der Waals surface area contributed by atoms with Crippen molar-refractivity contribution in [3.8, 4) is 16.9 Å². The van der Waals surface area contributed by atoms with Crippen LogP contribution in [0.25, 0.3) is 21.3 Å². The molecule has 2 aromatic heterocycles. The highest BCUT2D eigenvalue weighted by Crippen LogP contribution is 2.45. The molecule has 3 aromatic rings. The summed E-state index contributed by atoms with van der Waals surface area (Å²) in [6.45, 7) is 2.86. The minimum atomic E-state index is -0.310. The number of fused-ring (bicyclic) bond motifs is 3. The molecule has 7 nitrogen and oxygen atoms in total. The van der Waals surface area contributed by atoms with Crippen LogP contribution in [0.1, 0.15) is 19.3 Å². The second kappa shape index (κ2) is 7.62. The SMILES string of the molecule is COc1ccccc1-c1csc2nc(N3CCC(O)C3)nc(N3C4CCC3COC4)c12. The summed E-state index contributed by atoms with van der Waals surface area (Å²) >= 11 is 1.65. The Morgan fingerprint density at radius 2 is 1.90 bits per heavy atom. The predicted molar refractivity (Wildman–Crippen MR) is 122 cm³/mol. The first-order valence-corrected chi connectivity index (χ1v) is 11.8. The largest absolute Gasteiger partial charge is 0.496 e. The van der Waals surface area contributed by atoms with Gasteiger partial charge < -0.3 is 24.4 Å². The summed E-state index contributed by atoms with van der Waals surface area (Å²) in [6.07, 6.45) is 2.70. The van der Waals surface area contributed by atoms with Gasteiger partial charge in [-0.25, -0.2) is 4.98 Å². The summed E-state index contributed by atoms with van der Waals surface area (Å²) in [5.41, 5.74) is 2.18. The van der Waals surface area contributed by atoms with Crippen molar-refractivity contribution in [2.24, 2.45) is 0 Å². The van der Waals surface area contributed by atoms with Gasteiger partial charge in [0.25, 0.3) is 0 Å². The molecule has 2 bridgehead atoms. The molecule has 1 aromatic carbocycles. The number of benzene rings is 1. The average molecular weight is 439 g/mol. The quantitative estimate of drug-likeness (QED) is 0.670. The number of ether oxygens (including phenoxy) is 2. The van der Waals surface area contributed by atoms with E-state index >= 15 is 0 Å². The Morgan fingerprint density at radius 1 is 1.10 bits per heavy atom. The summed E-state index contributed by atoms with van der Waals surface area (Å²) in [5, 5.41) is 13.3. The normalized spacial score (nSPS) is 25.5. The topological polar surface area (TPSA) is 71.0 Å². The summed E-state index contributed by atoms with van der Waals surface area (Å²) < 4.78 is 11.5. The molecule has 3 aliphatic heterocycles. The van der Waals surface area contributed by atoms with E-state index in [1.165, 1.54) is 0 Å². The van der Waals surface area contributed by atoms with Gasteiger partial charge in [0.15, 0.2) is 0 Å². The zero-order chi connectivity index (χ0) is 20.9. The Labute approximate surface area is 185 Å². The zero-order valence-corrected chi connectivity index (χ0v) is 18.3. The number of aliphatic hydroxyl groups is 1. The standard InChI is InChI=1S/C23H26N4O3S/c1-29-19-5-3-2-4-17(19)18-13-31-22-20(18)21(27-14-6-7-15(27)12-30-11-14)24-23(25-22)26-9-8-16(28)10-26/h2-5,13-16,28H,6-12H2,1H3. The average Bonchev–Trinajstić information content (AvgIpc) is 3.48. The highest BCUT2D eigenvalue weighted by atomic mass is 32.1. The number of rotatable bonds is 4. The van der Waals surface area contributed by atoms with E-state index in [1.54, 1.807) is 18.4 Å². The number of aromatic nitrogens is 2. The fraction of sp³-hybridized carbons (Fsp3) is 0.478. The third-order valence-corrected chi connectivity index (χ3v) is 7.60. The number of para-hydroxylation sites is 1. The smallest absolute Gasteiger partial charge is 0.228 e. The van der Waals surface area contributed by atoms with Gasteiger partial charge in [0.05, 0.1) is 43.9 Å². The van der Waals surface area contributed by atoms with Gasteiger partial charge in [-0.1, -0.05) is 18.2 Å². The lowest BCUT2D eigenvalue weighted by molar-refractivity contribution is 0.0904. The van der Waals surface area contributed by atoms with Crippen LogP contribution >= 0.6 is 11.3 Å². The van der Waals surface area contributed by atoms with E-state index in [-0.39, 0.29) is 6.10 Å². The molecule has 8 heteroatoms. The first-order chi connectivity index (χ1) is 15.2. The van der Waals surface area contributed by atoms with Crippen molar-refractivity contribution in [1.82, 2.24) is 9.97 Å². The monoisotopic (exact) mass is 438 g/mol. The maximum atomic E-state index is 10.1. The Morgan fingerprint density at radius 3 is 2.65 bits per heavy atom. The molecule has 3 fully saturated rings. The highest BCUT2D eigenvalue weighted by Gasteiger charge is 2.40. The summed E-state index contributed by atoms with van der Waals surface area (Å²) in [6, 6.07) is 8.83. The number of hydrogen-bond acceptors (Lipinski definition) is 8. The summed E-state index contributed by atoms with van der Waals surface area (Å²) in [7, 11) is 1.71. The van der Waals surface area contributed by atoms with Crippen molar-refractivity contribution in [2.75, 3.05) is 43.2 Å². The molecule has 3 aliphatic rings. The van der Waals surface area contributed by atoms with E-state index in [9.17, 15) is 5.11 Å². The van der Waals surface area contributed by atoms with E-state index in [2.05, 4.69) is 21.2 Å². The van der Waals surface area contributed by atoms with Crippen LogP contribution in [0.2, 0.25) is 0 Å². The van der Waals surface area contributed by atoms with E-state index in [1.807, 2.05) is 18.2 Å². The number of hydrogen-bond donors (Lipinski definition) is 1. The lowest BCUT2D eigenvalue weighted by atomic mass is 10.0. The van der Waals surface area contributed by atoms with Crippen molar-refractivity contribution in [1.29, 1.82) is 0 Å². The first-order valence-electron chi connectivity index (χ1n) is 10.9. The predicted octanol–water partition coefficient (Wildman–Crippen LogP) is 3.31. The number of anilines is 2. The molecule has 0 saturated carbocycles. The van der Waals surface area contributed by atoms with Crippen LogP contribution in [-0.4, -0.2) is 66.7 Å². The molecule has 162 valence electrons. The summed E-state index contributed by atoms with van der Waals surface area (Å²) in [4.78, 5) is 15.6. The molecular weight excluding hydrogens is 412 g/mol. The third kappa shape index (κ3) is 3.16. The van der Waals surface area contributed by atoms with E-state index in [4.69, 9.17) is 19.4 Å². The number of nitrogens with zero attached hydrogens (tertiary/aromatic N) is 4. The number of morpholine rings is 1. The Bertz CT molecular complexity index is 1100. The van der Waals surface area contributed by atoms with Crippen LogP contribution in [0.3, 0.4) is 0 Å². The van der Waals surface area contributed by atoms with Crippen LogP contribution < -0.4 is 14.5 Å². The van der Waals surface area contributed by atoms with E-state index in [0.29, 0.717) is 18.6 Å². The fourth-order valence-corrected chi connectivity index (χ4v) is 6.13. The van der Waals surface area contributed by atoms with Gasteiger partial charge in [-0.2, -0.15) is 4.98 Å². The molecule has 0 aliphatic carbocycles. The zero-order valence-electron chi connectivity index (χ0n) is 17.5. The lowest BCUT2D eigenvalue weighted by Crippen LogP contribution is -2.46. The maximum absolute atomic E-state index is 10.1. The second-order valence-corrected chi connectivity index (χ2v) is 9.45. The van der Waals surface area contributed by atoms with Crippen molar-refractivity contribution < 1.29 is 14.6 Å². The lowest BCUT2D eigenvalue weighted by Gasteiger charge is -2.36. The maximum Gasteiger partial charge on any atom is 0.228 e. The highest BCUT2D eigenvalue weighted by molar-refractivity contribution is 7.17. The Hall–Kier alpha value is -2.42. The Kier molecular flexibility index (Phi) is 4.74. The Balaban J connectivity index is 1.56. The van der Waals surface area contributed by atoms with Crippen molar-refractivity contribution in [2.45, 2.75) is 37.5 Å².